The fraction of sp³-hybridized carbons (Fsp3) is 0.273. The average molecular weight is 1080 g/mol. The van der Waals surface area contributed by atoms with Crippen LogP contribution in [0.1, 0.15) is 52.1 Å². The number of hydrogen-bond acceptors (Lipinski definition) is 12. The molecule has 6 aromatic rings. The van der Waals surface area contributed by atoms with Crippen molar-refractivity contribution in [3.63, 3.8) is 0 Å². The van der Waals surface area contributed by atoms with E-state index in [1.165, 1.54) is 36.2 Å². The molecule has 0 unspecified atom stereocenters. The van der Waals surface area contributed by atoms with Crippen molar-refractivity contribution in [3.05, 3.63) is 66.3 Å². The van der Waals surface area contributed by atoms with E-state index in [1.807, 2.05) is 21.3 Å². The molecule has 0 aliphatic heterocycles. The largest absolute Gasteiger partial charge is 0.382 e. The minimum atomic E-state index is 0. The van der Waals surface area contributed by atoms with Gasteiger partial charge in [0.15, 0.2) is 55.8 Å². The first kappa shape index (κ1) is 38.3. The third-order valence-corrected chi connectivity index (χ3v) is 13.6. The highest BCUT2D eigenvalue weighted by Gasteiger charge is 2.25. The molecule has 0 amide bonds. The summed E-state index contributed by atoms with van der Waals surface area (Å²) < 4.78 is 6.29. The van der Waals surface area contributed by atoms with Crippen molar-refractivity contribution in [3.8, 4) is 0 Å². The Bertz CT molecular complexity index is 2170. The summed E-state index contributed by atoms with van der Waals surface area (Å²) in [6, 6.07) is 8.19. The van der Waals surface area contributed by atoms with E-state index in [1.54, 1.807) is 0 Å². The highest BCUT2D eigenvalue weighted by atomic mass is 127. The number of aromatic nitrogens is 8. The molecule has 2 aliphatic rings. The monoisotopic (exact) mass is 1070 g/mol. The van der Waals surface area contributed by atoms with E-state index >= 15 is 0 Å². The molecule has 0 spiro atoms. The maximum atomic E-state index is 12.1. The minimum Gasteiger partial charge on any atom is -0.382 e. The molecule has 2 aromatic carbocycles. The van der Waals surface area contributed by atoms with Gasteiger partial charge in [-0.25, -0.2) is 29.9 Å². The Labute approximate surface area is 346 Å². The number of hydrogen-bond donors (Lipinski definition) is 2. The zero-order chi connectivity index (χ0) is 35.1. The lowest BCUT2D eigenvalue weighted by atomic mass is 10.1. The van der Waals surface area contributed by atoms with Crippen LogP contribution in [-0.4, -0.2) is 61.3 Å². The Morgan fingerprint density at radius 1 is 0.667 bits per heavy atom. The van der Waals surface area contributed by atoms with Crippen LogP contribution >= 0.6 is 101 Å². The lowest BCUT2D eigenvalue weighted by molar-refractivity contribution is 0.0986. The Morgan fingerprint density at radius 3 is 1.47 bits per heavy atom. The van der Waals surface area contributed by atoms with Gasteiger partial charge in [0.1, 0.15) is 12.7 Å². The molecule has 18 heteroatoms. The summed E-state index contributed by atoms with van der Waals surface area (Å²) in [6.07, 6.45) is 5.79. The van der Waals surface area contributed by atoms with Gasteiger partial charge in [-0.1, -0.05) is 62.8 Å². The zero-order valence-electron chi connectivity index (χ0n) is 26.0. The number of Topliss-reactive ketones (excluding diaryl/α,β-unsaturated/α-hetero) is 2. The van der Waals surface area contributed by atoms with Gasteiger partial charge in [-0.2, -0.15) is 0 Å². The quantitative estimate of drug-likeness (QED) is 0.111. The van der Waals surface area contributed by atoms with Crippen molar-refractivity contribution < 1.29 is 9.59 Å². The number of nitrogen functional groups attached to an aromatic ring is 2. The number of alkyl halides is 2. The Morgan fingerprint density at radius 2 is 1.08 bits per heavy atom. The highest BCUT2D eigenvalue weighted by molar-refractivity contribution is 14.1. The van der Waals surface area contributed by atoms with Gasteiger partial charge in [0.25, 0.3) is 0 Å². The van der Waals surface area contributed by atoms with Gasteiger partial charge in [0, 0.05) is 64.6 Å². The van der Waals surface area contributed by atoms with Gasteiger partial charge in [-0.15, -0.1) is 0 Å². The molecule has 8 rings (SSSR count). The summed E-state index contributed by atoms with van der Waals surface area (Å²) in [5.41, 5.74) is 18.5. The van der Waals surface area contributed by atoms with E-state index in [2.05, 4.69) is 119 Å². The number of nitrogens with zero attached hydrogens (tertiary/aromatic N) is 8. The predicted octanol–water partition coefficient (Wildman–Crippen LogP) is 8.01. The number of aryl methyl sites for hydroxylation is 4. The normalized spacial score (nSPS) is 13.3. The Kier molecular flexibility index (Phi) is 12.3. The number of benzene rings is 2. The Hall–Kier alpha value is -2.40. The van der Waals surface area contributed by atoms with Crippen molar-refractivity contribution in [2.45, 2.75) is 66.3 Å². The van der Waals surface area contributed by atoms with Gasteiger partial charge in [0.2, 0.25) is 0 Å². The number of nitrogens with two attached hydrogens (primary N) is 2. The lowest BCUT2D eigenvalue weighted by Gasteiger charge is -2.09. The fourth-order valence-corrected chi connectivity index (χ4v) is 10.2. The van der Waals surface area contributed by atoms with Crippen LogP contribution < -0.4 is 11.5 Å². The number of rotatable bonds is 8. The molecule has 0 fully saturated rings. The predicted molar refractivity (Wildman–Crippen MR) is 226 cm³/mol. The van der Waals surface area contributed by atoms with Crippen LogP contribution in [0, 0.1) is 7.14 Å². The second-order valence-electron chi connectivity index (χ2n) is 11.3. The van der Waals surface area contributed by atoms with Gasteiger partial charge in [-0.05, 0) is 93.4 Å². The van der Waals surface area contributed by atoms with Crippen molar-refractivity contribution in [1.29, 1.82) is 0 Å². The van der Waals surface area contributed by atoms with Crippen molar-refractivity contribution >= 4 is 146 Å². The van der Waals surface area contributed by atoms with Crippen LogP contribution in [0.3, 0.4) is 0 Å². The maximum Gasteiger partial charge on any atom is 0.175 e. The van der Waals surface area contributed by atoms with Gasteiger partial charge in [-0.3, -0.25) is 9.59 Å². The summed E-state index contributed by atoms with van der Waals surface area (Å²) in [6.45, 7) is 1.44. The molecule has 0 bridgehead atoms. The topological polar surface area (TPSA) is 173 Å². The first-order valence-electron chi connectivity index (χ1n) is 15.3. The first-order chi connectivity index (χ1) is 24.2. The third kappa shape index (κ3) is 7.67. The Balaban J connectivity index is 0.000000172. The molecule has 0 saturated carbocycles. The summed E-state index contributed by atoms with van der Waals surface area (Å²) >= 11 is 14.6. The van der Waals surface area contributed by atoms with E-state index in [9.17, 15) is 9.59 Å². The molecular formula is C33H30Br2I2N10O2S2. The molecule has 0 radical (unpaired) electrons. The second kappa shape index (κ2) is 16.3. The number of imidazole rings is 2. The number of carbonyl (C=O) groups is 2. The van der Waals surface area contributed by atoms with Gasteiger partial charge >= 0.3 is 0 Å². The van der Waals surface area contributed by atoms with Crippen LogP contribution in [0.25, 0.3) is 22.3 Å². The number of fused-ring (bicyclic) bond motifs is 4. The summed E-state index contributed by atoms with van der Waals surface area (Å²) in [5, 5.41) is 3.14. The lowest BCUT2D eigenvalue weighted by Crippen LogP contribution is -2.03. The molecule has 51 heavy (non-hydrogen) atoms. The van der Waals surface area contributed by atoms with E-state index < -0.39 is 0 Å². The standard InChI is InChI=1S/2C16H13BrIN5OS.CH4/c2*17-3-4-23-15-13(14(19)20-7-21-15)22-16(23)25-12-6-9-8(5-10(12)18)1-2-11(9)24;/h2*5-7H,1-4H2,(H2,19,20,21);1H4. The number of halogens is 4. The van der Waals surface area contributed by atoms with Crippen molar-refractivity contribution in [2.24, 2.45) is 0 Å². The third-order valence-electron chi connectivity index (χ3n) is 8.23. The highest BCUT2D eigenvalue weighted by Crippen LogP contribution is 2.38. The van der Waals surface area contributed by atoms with Crippen LogP contribution in [0.4, 0.5) is 11.6 Å². The summed E-state index contributed by atoms with van der Waals surface area (Å²) in [4.78, 5) is 52.2. The first-order valence-corrected chi connectivity index (χ1v) is 21.3. The molecule has 264 valence electrons. The van der Waals surface area contributed by atoms with E-state index in [-0.39, 0.29) is 19.0 Å². The summed E-state index contributed by atoms with van der Waals surface area (Å²) in [7, 11) is 0. The molecular weight excluding hydrogens is 1050 g/mol. The molecule has 4 N–H and O–H groups in total. The molecule has 2 aliphatic carbocycles. The van der Waals surface area contributed by atoms with Crippen LogP contribution in [0.15, 0.2) is 57.0 Å². The molecule has 0 saturated heterocycles. The van der Waals surface area contributed by atoms with Crippen molar-refractivity contribution in [1.82, 2.24) is 39.0 Å². The second-order valence-corrected chi connectivity index (χ2v) is 17.2. The van der Waals surface area contributed by atoms with Crippen LogP contribution in [-0.2, 0) is 25.9 Å². The van der Waals surface area contributed by atoms with Crippen LogP contribution in [0.5, 0.6) is 0 Å². The van der Waals surface area contributed by atoms with Gasteiger partial charge in [0.05, 0.1) is 0 Å². The number of anilines is 2. The molecule has 4 aromatic heterocycles. The molecule has 12 nitrogen and oxygen atoms in total. The maximum absolute atomic E-state index is 12.1. The van der Waals surface area contributed by atoms with E-state index in [4.69, 9.17) is 11.5 Å². The smallest absolute Gasteiger partial charge is 0.175 e. The summed E-state index contributed by atoms with van der Waals surface area (Å²) in [5.74, 6) is 1.19. The van der Waals surface area contributed by atoms with Crippen LogP contribution in [0.2, 0.25) is 0 Å². The number of ketones is 2. The van der Waals surface area contributed by atoms with E-state index in [0.717, 1.165) is 97.4 Å². The minimum absolute atomic E-state index is 0. The molecule has 4 heterocycles. The SMILES string of the molecule is C.Nc1ncnc2c1nc(Sc1cc3c(cc1I)CCC3=O)n2CCBr.Nc1ncnc2c1nc(Sc1cc3c(cc1I)CCC3=O)n2CCBr. The number of carbonyl (C=O) groups excluding carboxylic acids is 2. The van der Waals surface area contributed by atoms with Gasteiger partial charge < -0.3 is 20.6 Å². The van der Waals surface area contributed by atoms with Crippen molar-refractivity contribution in [2.75, 3.05) is 22.1 Å². The molecule has 0 atom stereocenters. The average Bonchev–Trinajstić information content (AvgIpc) is 3.84. The fourth-order valence-electron chi connectivity index (χ4n) is 5.84. The zero-order valence-corrected chi connectivity index (χ0v) is 35.1. The van der Waals surface area contributed by atoms with E-state index in [0.29, 0.717) is 35.5 Å².